The number of anilines is 2. The first-order valence-electron chi connectivity index (χ1n) is 11.9. The van der Waals surface area contributed by atoms with Crippen LogP contribution in [0.1, 0.15) is 0 Å². The first-order valence-corrected chi connectivity index (χ1v) is 12.7. The Bertz CT molecular complexity index is 1220. The van der Waals surface area contributed by atoms with Gasteiger partial charge < -0.3 is 30.6 Å². The Morgan fingerprint density at radius 3 is 1.85 bits per heavy atom. The van der Waals surface area contributed by atoms with Crippen LogP contribution in [0.4, 0.5) is 10.9 Å². The van der Waals surface area contributed by atoms with Crippen LogP contribution in [0.5, 0.6) is 0 Å². The van der Waals surface area contributed by atoms with Crippen LogP contribution in [-0.2, 0) is 19.2 Å². The number of carbonyl (C=O) groups is 4. The maximum atomic E-state index is 9.55. The van der Waals surface area contributed by atoms with Crippen LogP contribution in [0.3, 0.4) is 0 Å². The number of nitrogens with zero attached hydrogens (tertiary/aromatic N) is 4. The molecule has 1 fully saturated rings. The van der Waals surface area contributed by atoms with Gasteiger partial charge in [-0.25, -0.2) is 29.1 Å². The summed E-state index contributed by atoms with van der Waals surface area (Å²) >= 11 is 1.72. The molecule has 1 aromatic carbocycles. The van der Waals surface area contributed by atoms with Crippen molar-refractivity contribution in [3.05, 3.63) is 73.0 Å². The quantitative estimate of drug-likeness (QED) is 0.235. The first kappa shape index (κ1) is 31.4. The highest BCUT2D eigenvalue weighted by Crippen LogP contribution is 2.25. The third-order valence-electron chi connectivity index (χ3n) is 5.08. The summed E-state index contributed by atoms with van der Waals surface area (Å²) in [7, 11) is 0. The number of carboxylic acids is 4. The Labute approximate surface area is 233 Å². The number of benzene rings is 1. The molecule has 0 amide bonds. The van der Waals surface area contributed by atoms with Gasteiger partial charge in [-0.2, -0.15) is 0 Å². The molecular weight excluding hydrogens is 542 g/mol. The summed E-state index contributed by atoms with van der Waals surface area (Å²) in [5.41, 5.74) is 1.08. The molecule has 3 heterocycles. The smallest absolute Gasteiger partial charge is 0.328 e. The molecule has 0 spiro atoms. The number of rotatable bonds is 9. The summed E-state index contributed by atoms with van der Waals surface area (Å²) in [6, 6.07) is 14.4. The highest BCUT2D eigenvalue weighted by Gasteiger charge is 2.17. The van der Waals surface area contributed by atoms with Gasteiger partial charge in [0, 0.05) is 69.8 Å². The standard InChI is InChI=1S/C18H21N5S.2C4H4O4/c1-2-6-16-15(5-1)21-18(24-16)20-9-10-22-11-13-23(14-12-22)17-7-3-4-8-19-17;2*5-3(6)1-2-4(7)8/h1-8H,9-14H2,(H,20,21);2*1-2H,(H,5,6)(H,7,8)/b;2*2-1+. The minimum atomic E-state index is -1.26. The van der Waals surface area contributed by atoms with Gasteiger partial charge in [0.15, 0.2) is 5.13 Å². The summed E-state index contributed by atoms with van der Waals surface area (Å²) in [5, 5.41) is 35.7. The molecule has 0 saturated carbocycles. The summed E-state index contributed by atoms with van der Waals surface area (Å²) < 4.78 is 1.24. The van der Waals surface area contributed by atoms with Crippen molar-refractivity contribution in [1.29, 1.82) is 0 Å². The number of aromatic nitrogens is 2. The van der Waals surface area contributed by atoms with Crippen molar-refractivity contribution in [3.63, 3.8) is 0 Å². The predicted molar refractivity (Wildman–Crippen MR) is 150 cm³/mol. The zero-order valence-corrected chi connectivity index (χ0v) is 22.1. The van der Waals surface area contributed by atoms with E-state index in [1.807, 2.05) is 18.3 Å². The largest absolute Gasteiger partial charge is 0.478 e. The minimum absolute atomic E-state index is 0.558. The van der Waals surface area contributed by atoms with E-state index in [1.165, 1.54) is 4.70 Å². The van der Waals surface area contributed by atoms with E-state index in [0.29, 0.717) is 24.3 Å². The van der Waals surface area contributed by atoms with Gasteiger partial charge >= 0.3 is 23.9 Å². The second-order valence-electron chi connectivity index (χ2n) is 7.95. The van der Waals surface area contributed by atoms with E-state index in [1.54, 1.807) is 11.3 Å². The van der Waals surface area contributed by atoms with Gasteiger partial charge in [0.25, 0.3) is 0 Å². The monoisotopic (exact) mass is 571 g/mol. The van der Waals surface area contributed by atoms with Crippen LogP contribution in [0, 0.1) is 0 Å². The molecule has 1 aliphatic heterocycles. The highest BCUT2D eigenvalue weighted by molar-refractivity contribution is 7.22. The maximum Gasteiger partial charge on any atom is 0.328 e. The van der Waals surface area contributed by atoms with Crippen LogP contribution in [0.2, 0.25) is 0 Å². The van der Waals surface area contributed by atoms with E-state index >= 15 is 0 Å². The second kappa shape index (κ2) is 16.9. The van der Waals surface area contributed by atoms with Crippen molar-refractivity contribution in [1.82, 2.24) is 14.9 Å². The predicted octanol–water partition coefficient (Wildman–Crippen LogP) is 2.35. The lowest BCUT2D eigenvalue weighted by Crippen LogP contribution is -2.47. The normalized spacial score (nSPS) is 13.2. The van der Waals surface area contributed by atoms with Crippen LogP contribution in [0.25, 0.3) is 10.2 Å². The molecule has 3 aromatic rings. The van der Waals surface area contributed by atoms with E-state index < -0.39 is 23.9 Å². The molecule has 40 heavy (non-hydrogen) atoms. The molecule has 0 aliphatic carbocycles. The van der Waals surface area contributed by atoms with E-state index in [9.17, 15) is 19.2 Å². The SMILES string of the molecule is O=C(O)/C=C/C(=O)O.O=C(O)/C=C/C(=O)O.c1ccc(N2CCN(CCNc3nc4ccccc4s3)CC2)nc1. The highest BCUT2D eigenvalue weighted by atomic mass is 32.1. The summed E-state index contributed by atoms with van der Waals surface area (Å²) in [6.45, 7) is 6.22. The van der Waals surface area contributed by atoms with E-state index in [2.05, 4.69) is 55.4 Å². The fourth-order valence-corrected chi connectivity index (χ4v) is 4.19. The Morgan fingerprint density at radius 2 is 1.35 bits per heavy atom. The molecule has 1 saturated heterocycles. The maximum absolute atomic E-state index is 9.55. The van der Waals surface area contributed by atoms with Crippen molar-refractivity contribution in [2.24, 2.45) is 0 Å². The summed E-state index contributed by atoms with van der Waals surface area (Å²) in [5.74, 6) is -3.94. The third kappa shape index (κ3) is 12.6. The second-order valence-corrected chi connectivity index (χ2v) is 8.98. The van der Waals surface area contributed by atoms with Crippen LogP contribution in [-0.4, -0.2) is 98.4 Å². The van der Waals surface area contributed by atoms with Crippen LogP contribution < -0.4 is 10.2 Å². The van der Waals surface area contributed by atoms with Gasteiger partial charge in [0.2, 0.25) is 0 Å². The molecule has 0 bridgehead atoms. The van der Waals surface area contributed by atoms with Gasteiger partial charge in [-0.1, -0.05) is 29.5 Å². The zero-order chi connectivity index (χ0) is 29.3. The molecule has 0 unspecified atom stereocenters. The molecule has 2 aromatic heterocycles. The number of nitrogens with one attached hydrogen (secondary N) is 1. The summed E-state index contributed by atoms with van der Waals surface area (Å²) in [4.78, 5) is 52.1. The molecule has 13 nitrogen and oxygen atoms in total. The van der Waals surface area contributed by atoms with Gasteiger partial charge in [-0.3, -0.25) is 4.90 Å². The van der Waals surface area contributed by atoms with Crippen molar-refractivity contribution in [3.8, 4) is 0 Å². The molecule has 1 aliphatic rings. The molecule has 5 N–H and O–H groups in total. The van der Waals surface area contributed by atoms with Crippen molar-refractivity contribution >= 4 is 56.4 Å². The average Bonchev–Trinajstić information content (AvgIpc) is 3.35. The fraction of sp³-hybridized carbons (Fsp3) is 0.231. The van der Waals surface area contributed by atoms with Crippen molar-refractivity contribution in [2.45, 2.75) is 0 Å². The van der Waals surface area contributed by atoms with Gasteiger partial charge in [0.1, 0.15) is 5.82 Å². The van der Waals surface area contributed by atoms with E-state index in [0.717, 1.165) is 55.7 Å². The Balaban J connectivity index is 0.000000290. The number of hydrogen-bond acceptors (Lipinski definition) is 10. The number of piperazine rings is 1. The molecule has 0 radical (unpaired) electrons. The average molecular weight is 572 g/mol. The number of fused-ring (bicyclic) bond motifs is 1. The van der Waals surface area contributed by atoms with Crippen LogP contribution in [0.15, 0.2) is 73.0 Å². The molecule has 14 heteroatoms. The van der Waals surface area contributed by atoms with Crippen molar-refractivity contribution < 1.29 is 39.6 Å². The Kier molecular flexibility index (Phi) is 13.3. The fourth-order valence-electron chi connectivity index (χ4n) is 3.30. The van der Waals surface area contributed by atoms with E-state index in [-0.39, 0.29) is 0 Å². The molecular formula is C26H29N5O8S. The Hall–Kier alpha value is -4.82. The molecule has 4 rings (SSSR count). The minimum Gasteiger partial charge on any atom is -0.478 e. The van der Waals surface area contributed by atoms with Crippen LogP contribution >= 0.6 is 11.3 Å². The topological polar surface area (TPSA) is 193 Å². The lowest BCUT2D eigenvalue weighted by atomic mass is 10.3. The molecule has 0 atom stereocenters. The lowest BCUT2D eigenvalue weighted by molar-refractivity contribution is -0.134. The number of aliphatic carboxylic acids is 4. The Morgan fingerprint density at radius 1 is 0.800 bits per heavy atom. The summed E-state index contributed by atoms with van der Waals surface area (Å²) in [6.07, 6.45) is 4.10. The van der Waals surface area contributed by atoms with Gasteiger partial charge in [0.05, 0.1) is 10.2 Å². The van der Waals surface area contributed by atoms with Gasteiger partial charge in [-0.05, 0) is 24.3 Å². The van der Waals surface area contributed by atoms with Crippen molar-refractivity contribution in [2.75, 3.05) is 49.5 Å². The first-order chi connectivity index (χ1) is 19.1. The third-order valence-corrected chi connectivity index (χ3v) is 6.07. The van der Waals surface area contributed by atoms with E-state index in [4.69, 9.17) is 20.4 Å². The number of carboxylic acid groups (broad SMARTS) is 4. The number of pyridine rings is 1. The number of hydrogen-bond donors (Lipinski definition) is 5. The van der Waals surface area contributed by atoms with Gasteiger partial charge in [-0.15, -0.1) is 0 Å². The number of para-hydroxylation sites is 1. The lowest BCUT2D eigenvalue weighted by Gasteiger charge is -2.35. The zero-order valence-electron chi connectivity index (χ0n) is 21.3. The molecule has 212 valence electrons. The number of thiazole rings is 1.